The van der Waals surface area contributed by atoms with Gasteiger partial charge in [-0.05, 0) is 54.3 Å². The Bertz CT molecular complexity index is 605. The number of hydrogen-bond donors (Lipinski definition) is 0. The minimum Gasteiger partial charge on any atom is -0.494 e. The molecule has 0 spiro atoms. The Kier molecular flexibility index (Phi) is 5.27. The van der Waals surface area contributed by atoms with Crippen molar-refractivity contribution in [3.05, 3.63) is 69.2 Å². The van der Waals surface area contributed by atoms with E-state index in [1.54, 1.807) is 6.08 Å². The van der Waals surface area contributed by atoms with Gasteiger partial charge in [0.1, 0.15) is 5.75 Å². The van der Waals surface area contributed by atoms with Gasteiger partial charge in [-0.15, -0.1) is 0 Å². The Labute approximate surface area is 133 Å². The predicted octanol–water partition coefficient (Wildman–Crippen LogP) is 5.74. The standard InChI is InChI=1S/C17H16BrClO/c1-3-13-11-17(19)14(10-16(13)18)9-12-5-7-15(8-6-12)20-4-2/h3,5-8,10-11H,1,4,9H2,2H3. The quantitative estimate of drug-likeness (QED) is 0.668. The number of rotatable bonds is 5. The zero-order valence-electron chi connectivity index (χ0n) is 11.3. The molecule has 0 N–H and O–H groups in total. The first-order chi connectivity index (χ1) is 9.63. The van der Waals surface area contributed by atoms with Crippen molar-refractivity contribution in [1.29, 1.82) is 0 Å². The fraction of sp³-hybridized carbons (Fsp3) is 0.176. The summed E-state index contributed by atoms with van der Waals surface area (Å²) < 4.78 is 6.45. The molecule has 0 aliphatic rings. The monoisotopic (exact) mass is 350 g/mol. The first-order valence-electron chi connectivity index (χ1n) is 6.46. The van der Waals surface area contributed by atoms with Crippen LogP contribution in [0.5, 0.6) is 5.75 Å². The van der Waals surface area contributed by atoms with Gasteiger partial charge in [0.05, 0.1) is 6.61 Å². The molecule has 2 aromatic rings. The average molecular weight is 352 g/mol. The highest BCUT2D eigenvalue weighted by Crippen LogP contribution is 2.28. The van der Waals surface area contributed by atoms with Gasteiger partial charge in [0.15, 0.2) is 0 Å². The van der Waals surface area contributed by atoms with E-state index in [0.717, 1.165) is 32.8 Å². The van der Waals surface area contributed by atoms with Gasteiger partial charge in [-0.1, -0.05) is 52.3 Å². The van der Waals surface area contributed by atoms with E-state index in [4.69, 9.17) is 16.3 Å². The van der Waals surface area contributed by atoms with Crippen molar-refractivity contribution in [2.24, 2.45) is 0 Å². The Morgan fingerprint density at radius 3 is 2.55 bits per heavy atom. The third-order valence-corrected chi connectivity index (χ3v) is 4.05. The van der Waals surface area contributed by atoms with E-state index >= 15 is 0 Å². The van der Waals surface area contributed by atoms with Crippen LogP contribution in [0.4, 0.5) is 0 Å². The van der Waals surface area contributed by atoms with Crippen LogP contribution < -0.4 is 4.74 Å². The molecular formula is C17H16BrClO. The summed E-state index contributed by atoms with van der Waals surface area (Å²) in [4.78, 5) is 0. The molecule has 2 rings (SSSR count). The lowest BCUT2D eigenvalue weighted by Crippen LogP contribution is -1.93. The molecule has 3 heteroatoms. The van der Waals surface area contributed by atoms with Gasteiger partial charge in [-0.2, -0.15) is 0 Å². The Hall–Kier alpha value is -1.25. The molecule has 0 saturated heterocycles. The molecule has 0 heterocycles. The van der Waals surface area contributed by atoms with Crippen molar-refractivity contribution in [3.8, 4) is 5.75 Å². The lowest BCUT2D eigenvalue weighted by atomic mass is 10.0. The second kappa shape index (κ2) is 6.96. The Morgan fingerprint density at radius 2 is 1.95 bits per heavy atom. The van der Waals surface area contributed by atoms with E-state index in [9.17, 15) is 0 Å². The summed E-state index contributed by atoms with van der Waals surface area (Å²) >= 11 is 9.85. The minimum absolute atomic E-state index is 0.682. The van der Waals surface area contributed by atoms with Crippen LogP contribution in [0.2, 0.25) is 5.02 Å². The molecule has 0 radical (unpaired) electrons. The van der Waals surface area contributed by atoms with Crippen LogP contribution in [0, 0.1) is 0 Å². The van der Waals surface area contributed by atoms with Crippen LogP contribution in [0.15, 0.2) is 47.4 Å². The second-order valence-electron chi connectivity index (χ2n) is 4.42. The molecule has 0 aliphatic carbocycles. The molecule has 0 atom stereocenters. The molecule has 1 nitrogen and oxygen atoms in total. The van der Waals surface area contributed by atoms with Crippen molar-refractivity contribution in [1.82, 2.24) is 0 Å². The highest BCUT2D eigenvalue weighted by atomic mass is 79.9. The summed E-state index contributed by atoms with van der Waals surface area (Å²) in [5, 5.41) is 0.761. The molecule has 0 unspecified atom stereocenters. The van der Waals surface area contributed by atoms with E-state index < -0.39 is 0 Å². The molecule has 2 aromatic carbocycles. The molecular weight excluding hydrogens is 336 g/mol. The molecule has 0 aromatic heterocycles. The second-order valence-corrected chi connectivity index (χ2v) is 5.68. The fourth-order valence-corrected chi connectivity index (χ4v) is 2.78. The van der Waals surface area contributed by atoms with Gasteiger partial charge in [0.2, 0.25) is 0 Å². The van der Waals surface area contributed by atoms with Gasteiger partial charge in [0, 0.05) is 9.50 Å². The van der Waals surface area contributed by atoms with E-state index in [0.29, 0.717) is 6.61 Å². The van der Waals surface area contributed by atoms with E-state index in [1.165, 1.54) is 5.56 Å². The number of benzene rings is 2. The highest BCUT2D eigenvalue weighted by Gasteiger charge is 2.06. The van der Waals surface area contributed by atoms with Gasteiger partial charge in [0.25, 0.3) is 0 Å². The first-order valence-corrected chi connectivity index (χ1v) is 7.63. The van der Waals surface area contributed by atoms with Gasteiger partial charge in [-0.25, -0.2) is 0 Å². The number of hydrogen-bond acceptors (Lipinski definition) is 1. The van der Waals surface area contributed by atoms with Gasteiger partial charge >= 0.3 is 0 Å². The van der Waals surface area contributed by atoms with Crippen molar-refractivity contribution in [3.63, 3.8) is 0 Å². The maximum Gasteiger partial charge on any atom is 0.119 e. The largest absolute Gasteiger partial charge is 0.494 e. The smallest absolute Gasteiger partial charge is 0.119 e. The van der Waals surface area contributed by atoms with Crippen molar-refractivity contribution in [2.75, 3.05) is 6.61 Å². The molecule has 0 fully saturated rings. The lowest BCUT2D eigenvalue weighted by Gasteiger charge is -2.09. The van der Waals surface area contributed by atoms with Crippen LogP contribution in [0.3, 0.4) is 0 Å². The SMILES string of the molecule is C=Cc1cc(Cl)c(Cc2ccc(OCC)cc2)cc1Br. The molecule has 0 bridgehead atoms. The predicted molar refractivity (Wildman–Crippen MR) is 89.7 cm³/mol. The van der Waals surface area contributed by atoms with Gasteiger partial charge < -0.3 is 4.74 Å². The fourth-order valence-electron chi connectivity index (χ4n) is 1.99. The minimum atomic E-state index is 0.682. The molecule has 20 heavy (non-hydrogen) atoms. The average Bonchev–Trinajstić information content (AvgIpc) is 2.45. The Morgan fingerprint density at radius 1 is 1.25 bits per heavy atom. The van der Waals surface area contributed by atoms with Crippen LogP contribution in [0.25, 0.3) is 6.08 Å². The van der Waals surface area contributed by atoms with Crippen molar-refractivity contribution < 1.29 is 4.74 Å². The third kappa shape index (κ3) is 3.65. The third-order valence-electron chi connectivity index (χ3n) is 3.01. The summed E-state index contributed by atoms with van der Waals surface area (Å²) in [7, 11) is 0. The maximum absolute atomic E-state index is 6.32. The summed E-state index contributed by atoms with van der Waals surface area (Å²) in [6.07, 6.45) is 2.58. The summed E-state index contributed by atoms with van der Waals surface area (Å²) in [5.74, 6) is 0.894. The van der Waals surface area contributed by atoms with E-state index in [-0.39, 0.29) is 0 Å². The summed E-state index contributed by atoms with van der Waals surface area (Å²) in [6.45, 7) is 6.43. The number of halogens is 2. The molecule has 0 amide bonds. The molecule has 104 valence electrons. The van der Waals surface area contributed by atoms with E-state index in [1.807, 2.05) is 25.1 Å². The maximum atomic E-state index is 6.32. The van der Waals surface area contributed by atoms with Gasteiger partial charge in [-0.3, -0.25) is 0 Å². The number of ether oxygens (including phenoxy) is 1. The van der Waals surface area contributed by atoms with Crippen LogP contribution in [-0.4, -0.2) is 6.61 Å². The van der Waals surface area contributed by atoms with Crippen molar-refractivity contribution >= 4 is 33.6 Å². The highest BCUT2D eigenvalue weighted by molar-refractivity contribution is 9.10. The lowest BCUT2D eigenvalue weighted by molar-refractivity contribution is 0.340. The zero-order chi connectivity index (χ0) is 14.5. The normalized spacial score (nSPS) is 10.3. The summed E-state index contributed by atoms with van der Waals surface area (Å²) in [5.41, 5.74) is 3.30. The molecule has 0 aliphatic heterocycles. The van der Waals surface area contributed by atoms with Crippen LogP contribution >= 0.6 is 27.5 Å². The topological polar surface area (TPSA) is 9.23 Å². The first kappa shape index (κ1) is 15.1. The van der Waals surface area contributed by atoms with Crippen LogP contribution in [0.1, 0.15) is 23.6 Å². The van der Waals surface area contributed by atoms with E-state index in [2.05, 4.69) is 40.7 Å². The van der Waals surface area contributed by atoms with Crippen LogP contribution in [-0.2, 0) is 6.42 Å². The van der Waals surface area contributed by atoms with Crippen molar-refractivity contribution in [2.45, 2.75) is 13.3 Å². The Balaban J connectivity index is 2.21. The summed E-state index contributed by atoms with van der Waals surface area (Å²) in [6, 6.07) is 12.1. The zero-order valence-corrected chi connectivity index (χ0v) is 13.7. The molecule has 0 saturated carbocycles.